The van der Waals surface area contributed by atoms with Gasteiger partial charge in [0.15, 0.2) is 5.43 Å². The van der Waals surface area contributed by atoms with Crippen molar-refractivity contribution >= 4 is 0 Å². The van der Waals surface area contributed by atoms with E-state index in [1.807, 2.05) is 6.92 Å². The van der Waals surface area contributed by atoms with Gasteiger partial charge in [-0.05, 0) is 25.7 Å². The lowest BCUT2D eigenvalue weighted by molar-refractivity contribution is 0.699. The quantitative estimate of drug-likeness (QED) is 0.808. The average molecular weight is 207 g/mol. The van der Waals surface area contributed by atoms with Crippen LogP contribution in [0.4, 0.5) is 0 Å². The van der Waals surface area contributed by atoms with Crippen molar-refractivity contribution in [1.29, 1.82) is 0 Å². The van der Waals surface area contributed by atoms with E-state index in [9.17, 15) is 4.79 Å². The Morgan fingerprint density at radius 1 is 1.40 bits per heavy atom. The number of aryl methyl sites for hydroxylation is 2. The Kier molecular flexibility index (Phi) is 4.13. The Labute approximate surface area is 91.7 Å². The summed E-state index contributed by atoms with van der Waals surface area (Å²) in [5, 5.41) is 0. The molecule has 0 aliphatic rings. The summed E-state index contributed by atoms with van der Waals surface area (Å²) < 4.78 is 0. The highest BCUT2D eigenvalue weighted by atomic mass is 16.1. The van der Waals surface area contributed by atoms with Gasteiger partial charge in [0.25, 0.3) is 0 Å². The van der Waals surface area contributed by atoms with Crippen LogP contribution in [-0.4, -0.2) is 4.98 Å². The van der Waals surface area contributed by atoms with E-state index in [2.05, 4.69) is 25.8 Å². The second kappa shape index (κ2) is 5.15. The molecule has 1 aromatic rings. The van der Waals surface area contributed by atoms with Crippen LogP contribution in [0.2, 0.25) is 0 Å². The highest BCUT2D eigenvalue weighted by molar-refractivity contribution is 5.26. The fraction of sp³-hybridized carbons (Fsp3) is 0.615. The van der Waals surface area contributed by atoms with Gasteiger partial charge in [0.1, 0.15) is 0 Å². The largest absolute Gasteiger partial charge is 0.362 e. The van der Waals surface area contributed by atoms with E-state index in [1.165, 1.54) is 0 Å². The Morgan fingerprint density at radius 3 is 2.60 bits per heavy atom. The van der Waals surface area contributed by atoms with Crippen LogP contribution >= 0.6 is 0 Å². The van der Waals surface area contributed by atoms with E-state index in [4.69, 9.17) is 0 Å². The molecule has 0 spiro atoms. The molecule has 0 bridgehead atoms. The molecular formula is C13H21NO. The predicted octanol–water partition coefficient (Wildman–Crippen LogP) is 3.15. The van der Waals surface area contributed by atoms with Crippen molar-refractivity contribution in [2.75, 3.05) is 0 Å². The van der Waals surface area contributed by atoms with Gasteiger partial charge in [-0.15, -0.1) is 0 Å². The van der Waals surface area contributed by atoms with Crippen LogP contribution < -0.4 is 5.43 Å². The SMILES string of the molecule is CCCc1[nH]c(C)cc(=O)c1C(C)CC. The van der Waals surface area contributed by atoms with Gasteiger partial charge >= 0.3 is 0 Å². The van der Waals surface area contributed by atoms with Gasteiger partial charge in [0, 0.05) is 23.0 Å². The third kappa shape index (κ3) is 2.71. The van der Waals surface area contributed by atoms with Crippen LogP contribution in [0.1, 0.15) is 56.5 Å². The first kappa shape index (κ1) is 12.0. The highest BCUT2D eigenvalue weighted by Gasteiger charge is 2.13. The molecule has 0 saturated carbocycles. The molecule has 1 unspecified atom stereocenters. The third-order valence-electron chi connectivity index (χ3n) is 2.89. The molecule has 1 atom stereocenters. The molecule has 1 rings (SSSR count). The summed E-state index contributed by atoms with van der Waals surface area (Å²) in [5.41, 5.74) is 3.29. The summed E-state index contributed by atoms with van der Waals surface area (Å²) >= 11 is 0. The van der Waals surface area contributed by atoms with E-state index < -0.39 is 0 Å². The normalized spacial score (nSPS) is 12.8. The Bertz CT molecular complexity index is 379. The molecule has 0 aliphatic heterocycles. The summed E-state index contributed by atoms with van der Waals surface area (Å²) in [6, 6.07) is 1.71. The van der Waals surface area contributed by atoms with Crippen LogP contribution in [0, 0.1) is 6.92 Å². The van der Waals surface area contributed by atoms with Crippen LogP contribution in [0.3, 0.4) is 0 Å². The van der Waals surface area contributed by atoms with Gasteiger partial charge in [-0.1, -0.05) is 27.2 Å². The smallest absolute Gasteiger partial charge is 0.185 e. The lowest BCUT2D eigenvalue weighted by Crippen LogP contribution is -2.16. The molecule has 2 heteroatoms. The zero-order valence-electron chi connectivity index (χ0n) is 10.2. The molecule has 1 N–H and O–H groups in total. The molecule has 0 aliphatic carbocycles. The fourth-order valence-electron chi connectivity index (χ4n) is 1.96. The molecule has 84 valence electrons. The zero-order valence-corrected chi connectivity index (χ0v) is 10.2. The van der Waals surface area contributed by atoms with Gasteiger partial charge in [-0.25, -0.2) is 0 Å². The fourth-order valence-corrected chi connectivity index (χ4v) is 1.96. The Morgan fingerprint density at radius 2 is 2.07 bits per heavy atom. The first-order valence-electron chi connectivity index (χ1n) is 5.82. The number of hydrogen-bond acceptors (Lipinski definition) is 1. The maximum atomic E-state index is 11.9. The molecule has 0 aromatic carbocycles. The van der Waals surface area contributed by atoms with E-state index in [0.29, 0.717) is 5.92 Å². The number of aromatic nitrogens is 1. The molecule has 0 saturated heterocycles. The van der Waals surface area contributed by atoms with E-state index >= 15 is 0 Å². The molecule has 15 heavy (non-hydrogen) atoms. The summed E-state index contributed by atoms with van der Waals surface area (Å²) in [6.45, 7) is 8.33. The second-order valence-electron chi connectivity index (χ2n) is 4.27. The van der Waals surface area contributed by atoms with Crippen molar-refractivity contribution in [2.45, 2.75) is 52.9 Å². The van der Waals surface area contributed by atoms with Gasteiger partial charge in [0.05, 0.1) is 0 Å². The summed E-state index contributed by atoms with van der Waals surface area (Å²) in [5.74, 6) is 0.357. The number of hydrogen-bond donors (Lipinski definition) is 1. The molecule has 1 heterocycles. The predicted molar refractivity (Wildman–Crippen MR) is 64.5 cm³/mol. The number of nitrogens with one attached hydrogen (secondary N) is 1. The Balaban J connectivity index is 3.26. The minimum Gasteiger partial charge on any atom is -0.362 e. The monoisotopic (exact) mass is 207 g/mol. The van der Waals surface area contributed by atoms with Crippen molar-refractivity contribution in [3.8, 4) is 0 Å². The maximum absolute atomic E-state index is 11.9. The standard InChI is InChI=1S/C13H21NO/c1-5-7-11-13(9(3)6-2)12(15)8-10(4)14-11/h8-9H,5-7H2,1-4H3,(H,14,15). The lowest BCUT2D eigenvalue weighted by atomic mass is 9.94. The van der Waals surface area contributed by atoms with Gasteiger partial charge in [-0.2, -0.15) is 0 Å². The van der Waals surface area contributed by atoms with Crippen molar-refractivity contribution in [3.63, 3.8) is 0 Å². The molecule has 1 aromatic heterocycles. The first-order valence-corrected chi connectivity index (χ1v) is 5.82. The third-order valence-corrected chi connectivity index (χ3v) is 2.89. The number of rotatable bonds is 4. The number of aromatic amines is 1. The molecule has 0 fully saturated rings. The van der Waals surface area contributed by atoms with Crippen LogP contribution in [0.5, 0.6) is 0 Å². The topological polar surface area (TPSA) is 32.9 Å². The van der Waals surface area contributed by atoms with Crippen LogP contribution in [0.15, 0.2) is 10.9 Å². The first-order chi connectivity index (χ1) is 7.10. The van der Waals surface area contributed by atoms with Crippen LogP contribution in [0.25, 0.3) is 0 Å². The van der Waals surface area contributed by atoms with Crippen molar-refractivity contribution in [2.24, 2.45) is 0 Å². The van der Waals surface area contributed by atoms with Crippen molar-refractivity contribution in [1.82, 2.24) is 4.98 Å². The maximum Gasteiger partial charge on any atom is 0.185 e. The van der Waals surface area contributed by atoms with Crippen molar-refractivity contribution in [3.05, 3.63) is 33.2 Å². The Hall–Kier alpha value is -1.05. The minimum atomic E-state index is 0.198. The number of H-pyrrole nitrogens is 1. The molecule has 2 nitrogen and oxygen atoms in total. The summed E-state index contributed by atoms with van der Waals surface area (Å²) in [4.78, 5) is 15.2. The lowest BCUT2D eigenvalue weighted by Gasteiger charge is -2.14. The average Bonchev–Trinajstić information content (AvgIpc) is 2.16. The van der Waals surface area contributed by atoms with Crippen molar-refractivity contribution < 1.29 is 0 Å². The van der Waals surface area contributed by atoms with E-state index in [-0.39, 0.29) is 5.43 Å². The van der Waals surface area contributed by atoms with Gasteiger partial charge in [0.2, 0.25) is 0 Å². The molecule has 0 radical (unpaired) electrons. The van der Waals surface area contributed by atoms with Crippen LogP contribution in [-0.2, 0) is 6.42 Å². The van der Waals surface area contributed by atoms with E-state index in [1.54, 1.807) is 6.07 Å². The number of pyridine rings is 1. The highest BCUT2D eigenvalue weighted by Crippen LogP contribution is 2.19. The molecular weight excluding hydrogens is 186 g/mol. The summed E-state index contributed by atoms with van der Waals surface area (Å²) in [7, 11) is 0. The van der Waals surface area contributed by atoms with Gasteiger partial charge in [-0.3, -0.25) is 4.79 Å². The second-order valence-corrected chi connectivity index (χ2v) is 4.27. The zero-order chi connectivity index (χ0) is 11.4. The minimum absolute atomic E-state index is 0.198. The molecule has 0 amide bonds. The summed E-state index contributed by atoms with van der Waals surface area (Å²) in [6.07, 6.45) is 3.06. The van der Waals surface area contributed by atoms with Gasteiger partial charge < -0.3 is 4.98 Å². The van der Waals surface area contributed by atoms with E-state index in [0.717, 1.165) is 36.2 Å².